The molecular weight excluding hydrogens is 588 g/mol. The summed E-state index contributed by atoms with van der Waals surface area (Å²) >= 11 is 0. The predicted octanol–water partition coefficient (Wildman–Crippen LogP) is 2.79. The van der Waals surface area contributed by atoms with Crippen LogP contribution in [0.5, 0.6) is 0 Å². The summed E-state index contributed by atoms with van der Waals surface area (Å²) in [6.45, 7) is 3.89. The van der Waals surface area contributed by atoms with Gasteiger partial charge in [-0.25, -0.2) is 4.98 Å². The van der Waals surface area contributed by atoms with Crippen molar-refractivity contribution in [2.45, 2.75) is 37.8 Å². The lowest BCUT2D eigenvalue weighted by Crippen LogP contribution is -2.54. The minimum atomic E-state index is -0.974. The topological polar surface area (TPSA) is 152 Å². The Morgan fingerprint density at radius 2 is 1.76 bits per heavy atom. The monoisotopic (exact) mass is 620 g/mol. The third kappa shape index (κ3) is 5.06. The fraction of sp³-hybridized carbons (Fsp3) is 0.364. The van der Waals surface area contributed by atoms with Gasteiger partial charge in [0.25, 0.3) is 11.8 Å². The lowest BCUT2D eigenvalue weighted by molar-refractivity contribution is -0.136. The van der Waals surface area contributed by atoms with Gasteiger partial charge in [-0.15, -0.1) is 0 Å². The number of benzene rings is 2. The van der Waals surface area contributed by atoms with Crippen LogP contribution in [0, 0.1) is 5.92 Å². The second kappa shape index (κ2) is 11.3. The van der Waals surface area contributed by atoms with Crippen LogP contribution < -0.4 is 15.5 Å². The molecule has 2 aromatic carbocycles. The van der Waals surface area contributed by atoms with Gasteiger partial charge in [0.05, 0.1) is 59.5 Å². The second-order valence-corrected chi connectivity index (χ2v) is 12.3. The Morgan fingerprint density at radius 1 is 0.935 bits per heavy atom. The number of carbonyl (C=O) groups is 4. The van der Waals surface area contributed by atoms with Crippen LogP contribution in [0.15, 0.2) is 55.0 Å². The van der Waals surface area contributed by atoms with Gasteiger partial charge in [-0.3, -0.25) is 39.1 Å². The highest BCUT2D eigenvalue weighted by atomic mass is 16.5. The Balaban J connectivity index is 0.880. The lowest BCUT2D eigenvalue weighted by Gasteiger charge is -2.35. The van der Waals surface area contributed by atoms with E-state index in [0.717, 1.165) is 77.7 Å². The van der Waals surface area contributed by atoms with Crippen LogP contribution in [-0.2, 0) is 14.3 Å². The number of hydrogen-bond acceptors (Lipinski definition) is 10. The highest BCUT2D eigenvalue weighted by Gasteiger charge is 2.44. The third-order valence-corrected chi connectivity index (χ3v) is 9.42. The minimum Gasteiger partial charge on any atom is -0.385 e. The average Bonchev–Trinajstić information content (AvgIpc) is 3.63. The molecule has 13 heteroatoms. The number of morpholine rings is 1. The van der Waals surface area contributed by atoms with Gasteiger partial charge < -0.3 is 15.0 Å². The SMILES string of the molecule is O=C1CCC(N2C(=O)c3ccc(NC[C@H]4C[C@@H](n5cc(-c6cnc7ccc(N8CCOCC8)cc7n6)cn5)C4)cc3C2=O)C(=O)N1. The van der Waals surface area contributed by atoms with E-state index in [9.17, 15) is 19.2 Å². The summed E-state index contributed by atoms with van der Waals surface area (Å²) in [5.41, 5.74) is 5.82. The predicted molar refractivity (Wildman–Crippen MR) is 167 cm³/mol. The second-order valence-electron chi connectivity index (χ2n) is 12.3. The molecule has 2 aromatic heterocycles. The van der Waals surface area contributed by atoms with Crippen molar-refractivity contribution in [2.24, 2.45) is 5.92 Å². The Morgan fingerprint density at radius 3 is 2.59 bits per heavy atom. The summed E-state index contributed by atoms with van der Waals surface area (Å²) in [5.74, 6) is -1.61. The van der Waals surface area contributed by atoms with Crippen LogP contribution in [0.1, 0.15) is 52.4 Å². The molecule has 8 rings (SSSR count). The molecule has 0 bridgehead atoms. The van der Waals surface area contributed by atoms with Crippen LogP contribution in [0.4, 0.5) is 11.4 Å². The number of hydrogen-bond donors (Lipinski definition) is 2. The van der Waals surface area contributed by atoms with Crippen molar-refractivity contribution < 1.29 is 23.9 Å². The molecule has 3 aliphatic heterocycles. The van der Waals surface area contributed by atoms with E-state index >= 15 is 0 Å². The first-order chi connectivity index (χ1) is 22.4. The Kier molecular flexibility index (Phi) is 6.97. The summed E-state index contributed by atoms with van der Waals surface area (Å²) in [6, 6.07) is 10.6. The first-order valence-electron chi connectivity index (χ1n) is 15.6. The molecule has 4 aromatic rings. The molecular formula is C33H32N8O5. The molecule has 4 aliphatic rings. The molecule has 0 spiro atoms. The molecule has 1 aliphatic carbocycles. The number of aromatic nitrogens is 4. The van der Waals surface area contributed by atoms with Crippen molar-refractivity contribution in [3.63, 3.8) is 0 Å². The summed E-state index contributed by atoms with van der Waals surface area (Å²) in [7, 11) is 0. The molecule has 234 valence electrons. The van der Waals surface area contributed by atoms with E-state index in [2.05, 4.69) is 37.7 Å². The number of nitrogens with one attached hydrogen (secondary N) is 2. The van der Waals surface area contributed by atoms with Crippen molar-refractivity contribution in [1.29, 1.82) is 0 Å². The molecule has 5 heterocycles. The van der Waals surface area contributed by atoms with Crippen molar-refractivity contribution in [3.05, 3.63) is 66.1 Å². The molecule has 1 atom stereocenters. The van der Waals surface area contributed by atoms with Crippen molar-refractivity contribution in [1.82, 2.24) is 30.0 Å². The van der Waals surface area contributed by atoms with E-state index in [-0.39, 0.29) is 30.0 Å². The van der Waals surface area contributed by atoms with Crippen LogP contribution in [0.2, 0.25) is 0 Å². The van der Waals surface area contributed by atoms with Gasteiger partial charge >= 0.3 is 0 Å². The van der Waals surface area contributed by atoms with E-state index in [4.69, 9.17) is 9.72 Å². The number of ether oxygens (including phenoxy) is 1. The van der Waals surface area contributed by atoms with Crippen molar-refractivity contribution >= 4 is 46.0 Å². The largest absolute Gasteiger partial charge is 0.385 e. The maximum Gasteiger partial charge on any atom is 0.262 e. The van der Waals surface area contributed by atoms with Crippen LogP contribution in [0.3, 0.4) is 0 Å². The zero-order valence-electron chi connectivity index (χ0n) is 25.0. The number of anilines is 2. The summed E-state index contributed by atoms with van der Waals surface area (Å²) in [4.78, 5) is 62.8. The van der Waals surface area contributed by atoms with Crippen LogP contribution in [0.25, 0.3) is 22.3 Å². The van der Waals surface area contributed by atoms with E-state index in [1.54, 1.807) is 24.4 Å². The Labute approximate surface area is 263 Å². The maximum atomic E-state index is 13.1. The molecule has 4 amide bonds. The van der Waals surface area contributed by atoms with Crippen LogP contribution >= 0.6 is 0 Å². The van der Waals surface area contributed by atoms with Gasteiger partial charge in [0, 0.05) is 49.2 Å². The van der Waals surface area contributed by atoms with Gasteiger partial charge in [0.15, 0.2) is 0 Å². The number of fused-ring (bicyclic) bond motifs is 2. The summed E-state index contributed by atoms with van der Waals surface area (Å²) in [6.07, 6.45) is 7.80. The molecule has 2 saturated heterocycles. The fourth-order valence-electron chi connectivity index (χ4n) is 6.75. The van der Waals surface area contributed by atoms with Crippen molar-refractivity contribution in [2.75, 3.05) is 43.1 Å². The maximum absolute atomic E-state index is 13.1. The van der Waals surface area contributed by atoms with E-state index in [1.165, 1.54) is 0 Å². The molecule has 0 radical (unpaired) electrons. The zero-order valence-corrected chi connectivity index (χ0v) is 25.0. The molecule has 46 heavy (non-hydrogen) atoms. The highest BCUT2D eigenvalue weighted by Crippen LogP contribution is 2.38. The average molecular weight is 621 g/mol. The minimum absolute atomic E-state index is 0.0902. The molecule has 3 fully saturated rings. The molecule has 13 nitrogen and oxygen atoms in total. The quantitative estimate of drug-likeness (QED) is 0.295. The van der Waals surface area contributed by atoms with Gasteiger partial charge in [-0.2, -0.15) is 5.10 Å². The zero-order chi connectivity index (χ0) is 31.4. The number of rotatable bonds is 7. The smallest absolute Gasteiger partial charge is 0.262 e. The Bertz CT molecular complexity index is 1890. The van der Waals surface area contributed by atoms with E-state index in [0.29, 0.717) is 12.5 Å². The highest BCUT2D eigenvalue weighted by molar-refractivity contribution is 6.23. The number of carbonyl (C=O) groups excluding carboxylic acids is 4. The standard InChI is InChI=1S/C33H32N8O5/c42-30-6-5-29(31(43)38-30)41-32(44)24-3-1-21(13-25(24)33(41)45)34-15-19-11-23(12-19)40-18-20(16-36-40)28-17-35-26-4-2-22(14-27(26)37-28)39-7-9-46-10-8-39/h1-4,13-14,16-19,23,29,34H,5-12,15H2,(H,38,42,43)/t19-,23+,29?. The first-order valence-corrected chi connectivity index (χ1v) is 15.6. The van der Waals surface area contributed by atoms with E-state index in [1.807, 2.05) is 23.1 Å². The van der Waals surface area contributed by atoms with Gasteiger partial charge in [-0.1, -0.05) is 0 Å². The third-order valence-electron chi connectivity index (χ3n) is 9.42. The Hall–Kier alpha value is -5.17. The summed E-state index contributed by atoms with van der Waals surface area (Å²) < 4.78 is 7.49. The normalized spacial score (nSPS) is 23.0. The van der Waals surface area contributed by atoms with E-state index < -0.39 is 29.7 Å². The number of piperidine rings is 1. The van der Waals surface area contributed by atoms with Crippen molar-refractivity contribution in [3.8, 4) is 11.3 Å². The molecule has 2 N–H and O–H groups in total. The molecule has 1 saturated carbocycles. The van der Waals surface area contributed by atoms with Gasteiger partial charge in [-0.05, 0) is 61.6 Å². The van der Waals surface area contributed by atoms with Gasteiger partial charge in [0.1, 0.15) is 6.04 Å². The molecule has 1 unspecified atom stereocenters. The lowest BCUT2D eigenvalue weighted by atomic mass is 9.80. The van der Waals surface area contributed by atoms with Gasteiger partial charge in [0.2, 0.25) is 11.8 Å². The van der Waals surface area contributed by atoms with Crippen LogP contribution in [-0.4, -0.2) is 87.2 Å². The fourth-order valence-corrected chi connectivity index (χ4v) is 6.75. The number of imide groups is 2. The number of amides is 4. The summed E-state index contributed by atoms with van der Waals surface area (Å²) in [5, 5.41) is 10.3. The first kappa shape index (κ1) is 28.3. The number of nitrogens with zero attached hydrogens (tertiary/aromatic N) is 6.